The van der Waals surface area contributed by atoms with Crippen molar-refractivity contribution in [1.82, 2.24) is 14.7 Å². The van der Waals surface area contributed by atoms with Crippen LogP contribution in [-0.4, -0.2) is 35.5 Å². The summed E-state index contributed by atoms with van der Waals surface area (Å²) in [6.45, 7) is -3.03. The fraction of sp³-hybridized carbons (Fsp3) is 0.250. The molecule has 0 bridgehead atoms. The van der Waals surface area contributed by atoms with E-state index in [2.05, 4.69) is 14.8 Å². The Hall–Kier alpha value is -2.55. The van der Waals surface area contributed by atoms with Crippen LogP contribution >= 0.6 is 11.8 Å². The lowest BCUT2D eigenvalue weighted by Gasteiger charge is -2.12. The van der Waals surface area contributed by atoms with Crippen LogP contribution in [0.15, 0.2) is 41.7 Å². The van der Waals surface area contributed by atoms with Crippen molar-refractivity contribution in [2.24, 2.45) is 0 Å². The molecule has 0 aliphatic rings. The largest absolute Gasteiger partial charge is 0.493 e. The number of halogens is 2. The Bertz CT molecular complexity index is 969. The van der Waals surface area contributed by atoms with Crippen LogP contribution in [0.4, 0.5) is 8.78 Å². The highest BCUT2D eigenvalue weighted by Gasteiger charge is 2.18. The Balaban J connectivity index is 1.89. The van der Waals surface area contributed by atoms with Gasteiger partial charge in [0.1, 0.15) is 5.52 Å². The summed E-state index contributed by atoms with van der Waals surface area (Å²) in [5.74, 6) is 0.297. The Kier molecular flexibility index (Phi) is 4.14. The summed E-state index contributed by atoms with van der Waals surface area (Å²) in [6.07, 6.45) is 1.37. The van der Waals surface area contributed by atoms with Crippen LogP contribution in [-0.2, 0) is 5.75 Å². The minimum atomic E-state index is -3.03. The second-order valence-electron chi connectivity index (χ2n) is 4.72. The van der Waals surface area contributed by atoms with E-state index in [-0.39, 0.29) is 22.4 Å². The topological polar surface area (TPSA) is 58.4 Å². The quantitative estimate of drug-likeness (QED) is 0.594. The second kappa shape index (κ2) is 7.56. The number of methoxy groups -OCH3 is 2. The van der Waals surface area contributed by atoms with Gasteiger partial charge in [-0.15, -0.1) is 0 Å². The zero-order valence-electron chi connectivity index (χ0n) is 16.0. The third-order valence-corrected chi connectivity index (χ3v) is 4.20. The smallest absolute Gasteiger partial charge is 0.405 e. The maximum absolute atomic E-state index is 12.8. The highest BCUT2D eigenvalue weighted by Crippen LogP contribution is 2.33. The normalized spacial score (nSPS) is 13.4. The van der Waals surface area contributed by atoms with Gasteiger partial charge in [-0.25, -0.2) is 4.98 Å². The summed E-state index contributed by atoms with van der Waals surface area (Å²) in [7, 11) is -1.30. The molecule has 2 heterocycles. The molecule has 3 rings (SSSR count). The second-order valence-corrected chi connectivity index (χ2v) is 5.67. The molecule has 0 unspecified atom stereocenters. The average Bonchev–Trinajstić information content (AvgIpc) is 2.96. The van der Waals surface area contributed by atoms with Crippen molar-refractivity contribution < 1.29 is 27.2 Å². The van der Waals surface area contributed by atoms with Gasteiger partial charge in [-0.3, -0.25) is 4.98 Å². The van der Waals surface area contributed by atoms with Crippen molar-refractivity contribution >= 4 is 22.8 Å². The zero-order chi connectivity index (χ0) is 20.3. The van der Waals surface area contributed by atoms with Gasteiger partial charge in [0, 0.05) is 18.0 Å². The molecule has 0 N–H and O–H groups in total. The first-order chi connectivity index (χ1) is 13.3. The Labute approximate surface area is 150 Å². The maximum atomic E-state index is 12.8. The van der Waals surface area contributed by atoms with Gasteiger partial charge in [0.15, 0.2) is 11.5 Å². The number of hydrogen-bond acceptors (Lipinski definition) is 6. The van der Waals surface area contributed by atoms with Gasteiger partial charge in [-0.1, -0.05) is 23.9 Å². The van der Waals surface area contributed by atoms with Crippen molar-refractivity contribution in [2.45, 2.75) is 17.5 Å². The number of rotatable bonds is 7. The molecular weight excluding hydrogens is 352 g/mol. The molecule has 0 amide bonds. The number of alkyl halides is 2. The van der Waals surface area contributed by atoms with Gasteiger partial charge >= 0.3 is 6.61 Å². The van der Waals surface area contributed by atoms with Gasteiger partial charge in [-0.2, -0.15) is 13.5 Å². The molecule has 132 valence electrons. The lowest BCUT2D eigenvalue weighted by molar-refractivity contribution is -0.135. The van der Waals surface area contributed by atoms with Gasteiger partial charge in [-0.05, 0) is 12.1 Å². The number of pyridine rings is 1. The number of thioether (sulfide) groups is 1. The van der Waals surface area contributed by atoms with Crippen molar-refractivity contribution in [3.63, 3.8) is 0 Å². The fourth-order valence-electron chi connectivity index (χ4n) is 2.26. The van der Waals surface area contributed by atoms with E-state index in [0.29, 0.717) is 16.7 Å². The van der Waals surface area contributed by atoms with Gasteiger partial charge in [0.05, 0.1) is 29.5 Å². The average molecular weight is 370 g/mol. The third kappa shape index (κ3) is 3.60. The van der Waals surface area contributed by atoms with E-state index in [1.807, 2.05) is 0 Å². The van der Waals surface area contributed by atoms with Crippen molar-refractivity contribution in [2.75, 3.05) is 14.1 Å². The monoisotopic (exact) mass is 370 g/mol. The van der Waals surface area contributed by atoms with E-state index in [4.69, 9.17) is 13.6 Å². The summed E-state index contributed by atoms with van der Waals surface area (Å²) in [5, 5.41) is 0.187. The zero-order valence-corrected chi connectivity index (χ0v) is 13.8. The van der Waals surface area contributed by atoms with E-state index in [0.717, 1.165) is 16.5 Å². The molecular formula is C16H15F2N3O3S. The number of benzene rings is 1. The highest BCUT2D eigenvalue weighted by molar-refractivity contribution is 7.98. The number of para-hydroxylation sites is 2. The van der Waals surface area contributed by atoms with E-state index in [1.54, 1.807) is 24.3 Å². The molecule has 9 heteroatoms. The first-order valence-electron chi connectivity index (χ1n) is 8.55. The Morgan fingerprint density at radius 2 is 2.12 bits per heavy atom. The molecule has 0 fully saturated rings. The number of imidazole rings is 1. The molecule has 0 saturated heterocycles. The van der Waals surface area contributed by atoms with Gasteiger partial charge < -0.3 is 14.3 Å². The van der Waals surface area contributed by atoms with Crippen LogP contribution in [0.1, 0.15) is 9.81 Å². The molecule has 0 saturated carbocycles. The van der Waals surface area contributed by atoms with Crippen LogP contribution in [0.5, 0.6) is 11.5 Å². The molecule has 0 aliphatic carbocycles. The van der Waals surface area contributed by atoms with Crippen molar-refractivity contribution in [3.8, 4) is 11.5 Å². The molecule has 0 aliphatic heterocycles. The minimum Gasteiger partial charge on any atom is -0.493 e. The lowest BCUT2D eigenvalue weighted by atomic mass is 10.3. The number of nitrogens with zero attached hydrogens (tertiary/aromatic N) is 3. The third-order valence-electron chi connectivity index (χ3n) is 3.27. The molecule has 3 aromatic rings. The SMILES string of the molecule is [2H]C([2H])([2H])Oc1ccnc(CSc2nc3ccccc3n2OC(F)F)c1OC. The lowest BCUT2D eigenvalue weighted by Crippen LogP contribution is -2.17. The molecule has 25 heavy (non-hydrogen) atoms. The summed E-state index contributed by atoms with van der Waals surface area (Å²) in [5.41, 5.74) is 1.25. The minimum absolute atomic E-state index is 0.00503. The Morgan fingerprint density at radius 1 is 1.28 bits per heavy atom. The first-order valence-corrected chi connectivity index (χ1v) is 8.03. The van der Waals surface area contributed by atoms with Crippen LogP contribution in [0.3, 0.4) is 0 Å². The van der Waals surface area contributed by atoms with Crippen molar-refractivity contribution in [3.05, 3.63) is 42.2 Å². The Morgan fingerprint density at radius 3 is 2.88 bits per heavy atom. The van der Waals surface area contributed by atoms with Crippen LogP contribution in [0.25, 0.3) is 11.0 Å². The summed E-state index contributed by atoms with van der Waals surface area (Å²) in [6, 6.07) is 8.07. The number of fused-ring (bicyclic) bond motifs is 1. The molecule has 6 nitrogen and oxygen atoms in total. The standard InChI is InChI=1S/C16H15F2N3O3S/c1-22-13-7-8-19-11(14(13)23-2)9-25-16-20-10-5-3-4-6-12(10)21(16)24-15(17)18/h3-8,15H,9H2,1-2H3/i1D3. The summed E-state index contributed by atoms with van der Waals surface area (Å²) >= 11 is 1.08. The van der Waals surface area contributed by atoms with Gasteiger partial charge in [0.2, 0.25) is 5.16 Å². The maximum Gasteiger partial charge on any atom is 0.405 e. The number of hydrogen-bond donors (Lipinski definition) is 0. The molecule has 2 aromatic heterocycles. The van der Waals surface area contributed by atoms with Gasteiger partial charge in [0.25, 0.3) is 0 Å². The highest BCUT2D eigenvalue weighted by atomic mass is 32.2. The molecule has 0 spiro atoms. The number of ether oxygens (including phenoxy) is 2. The van der Waals surface area contributed by atoms with Crippen molar-refractivity contribution in [1.29, 1.82) is 0 Å². The van der Waals surface area contributed by atoms with E-state index in [1.165, 1.54) is 19.4 Å². The van der Waals surface area contributed by atoms with Crippen LogP contribution < -0.4 is 14.3 Å². The fourth-order valence-corrected chi connectivity index (χ4v) is 3.15. The molecule has 0 radical (unpaired) electrons. The predicted octanol–water partition coefficient (Wildman–Crippen LogP) is 3.39. The van der Waals surface area contributed by atoms with E-state index >= 15 is 0 Å². The van der Waals surface area contributed by atoms with Crippen LogP contribution in [0, 0.1) is 0 Å². The van der Waals surface area contributed by atoms with Crippen LogP contribution in [0.2, 0.25) is 0 Å². The summed E-state index contributed by atoms with van der Waals surface area (Å²) in [4.78, 5) is 13.0. The van der Waals surface area contributed by atoms with E-state index < -0.39 is 13.6 Å². The van der Waals surface area contributed by atoms with E-state index in [9.17, 15) is 8.78 Å². The molecule has 0 atom stereocenters. The first kappa shape index (κ1) is 13.7. The number of aromatic nitrogens is 3. The molecule has 1 aromatic carbocycles. The predicted molar refractivity (Wildman–Crippen MR) is 89.2 cm³/mol. The summed E-state index contributed by atoms with van der Waals surface area (Å²) < 4.78 is 58.4.